The number of nitrogens with one attached hydrogen (secondary N) is 1. The monoisotopic (exact) mass is 256 g/mol. The van der Waals surface area contributed by atoms with Gasteiger partial charge in [0.05, 0.1) is 6.61 Å². The molecule has 0 saturated carbocycles. The zero-order chi connectivity index (χ0) is 12.5. The molecule has 0 aliphatic carbocycles. The van der Waals surface area contributed by atoms with E-state index in [1.165, 1.54) is 0 Å². The van der Waals surface area contributed by atoms with Crippen LogP contribution in [0.15, 0.2) is 18.3 Å². The third-order valence-electron chi connectivity index (χ3n) is 2.30. The highest BCUT2D eigenvalue weighted by atomic mass is 35.5. The van der Waals surface area contributed by atoms with Crippen LogP contribution in [0.25, 0.3) is 0 Å². The second-order valence-electron chi connectivity index (χ2n) is 4.05. The average molecular weight is 257 g/mol. The van der Waals surface area contributed by atoms with Crippen LogP contribution < -0.4 is 10.1 Å². The van der Waals surface area contributed by atoms with Gasteiger partial charge >= 0.3 is 0 Å². The molecule has 17 heavy (non-hydrogen) atoms. The summed E-state index contributed by atoms with van der Waals surface area (Å²) in [5.74, 6) is 1.65. The lowest BCUT2D eigenvalue weighted by Crippen LogP contribution is -2.07. The molecule has 0 aliphatic heterocycles. The number of ether oxygens (including phenoxy) is 1. The summed E-state index contributed by atoms with van der Waals surface area (Å²) in [4.78, 5) is 4.28. The fourth-order valence-corrected chi connectivity index (χ4v) is 1.60. The molecule has 0 saturated heterocycles. The third kappa shape index (κ3) is 5.78. The fraction of sp³-hybridized carbons (Fsp3) is 0.615. The first kappa shape index (κ1) is 14.1. The number of hydrogen-bond acceptors (Lipinski definition) is 3. The predicted molar refractivity (Wildman–Crippen MR) is 73.1 cm³/mol. The molecule has 1 aromatic heterocycles. The maximum absolute atomic E-state index is 5.89. The number of halogens is 1. The Kier molecular flexibility index (Phi) is 6.78. The Balaban J connectivity index is 2.40. The predicted octanol–water partition coefficient (Wildman–Crippen LogP) is 3.69. The van der Waals surface area contributed by atoms with Gasteiger partial charge in [-0.1, -0.05) is 6.92 Å². The first-order valence-electron chi connectivity index (χ1n) is 6.19. The third-order valence-corrected chi connectivity index (χ3v) is 2.52. The molecule has 1 atom stereocenters. The Morgan fingerprint density at radius 3 is 3.06 bits per heavy atom. The van der Waals surface area contributed by atoms with Gasteiger partial charge in [0, 0.05) is 18.1 Å². The van der Waals surface area contributed by atoms with Crippen molar-refractivity contribution in [2.45, 2.75) is 38.5 Å². The van der Waals surface area contributed by atoms with E-state index >= 15 is 0 Å². The van der Waals surface area contributed by atoms with Gasteiger partial charge in [-0.2, -0.15) is 0 Å². The largest absolute Gasteiger partial charge is 0.490 e. The average Bonchev–Trinajstić information content (AvgIpc) is 2.33. The molecule has 96 valence electrons. The van der Waals surface area contributed by atoms with E-state index in [1.807, 2.05) is 19.1 Å². The Labute approximate surface area is 109 Å². The zero-order valence-electron chi connectivity index (χ0n) is 10.6. The summed E-state index contributed by atoms with van der Waals surface area (Å²) < 4.78 is 5.61. The minimum absolute atomic E-state index is 0.233. The molecule has 0 bridgehead atoms. The van der Waals surface area contributed by atoms with Crippen LogP contribution in [-0.2, 0) is 0 Å². The van der Waals surface area contributed by atoms with E-state index in [-0.39, 0.29) is 5.38 Å². The summed E-state index contributed by atoms with van der Waals surface area (Å²) >= 11 is 5.89. The summed E-state index contributed by atoms with van der Waals surface area (Å²) in [6, 6.07) is 3.83. The Morgan fingerprint density at radius 2 is 2.35 bits per heavy atom. The van der Waals surface area contributed by atoms with Gasteiger partial charge in [-0.15, -0.1) is 11.6 Å². The second-order valence-corrected chi connectivity index (χ2v) is 4.79. The standard InChI is InChI=1S/C13H21ClN2O/c1-3-10-17-12-7-5-9-16-13(12)15-8-4-6-11(2)14/h5,7,9,11H,3-4,6,8,10H2,1-2H3,(H,15,16). The van der Waals surface area contributed by atoms with Crippen molar-refractivity contribution in [2.24, 2.45) is 0 Å². The van der Waals surface area contributed by atoms with E-state index in [4.69, 9.17) is 16.3 Å². The minimum Gasteiger partial charge on any atom is -0.490 e. The summed E-state index contributed by atoms with van der Waals surface area (Å²) in [7, 11) is 0. The van der Waals surface area contributed by atoms with Gasteiger partial charge < -0.3 is 10.1 Å². The van der Waals surface area contributed by atoms with Crippen molar-refractivity contribution < 1.29 is 4.74 Å². The number of hydrogen-bond donors (Lipinski definition) is 1. The van der Waals surface area contributed by atoms with Gasteiger partial charge in [-0.3, -0.25) is 0 Å². The van der Waals surface area contributed by atoms with Crippen LogP contribution >= 0.6 is 11.6 Å². The molecule has 1 rings (SSSR count). The van der Waals surface area contributed by atoms with E-state index in [0.29, 0.717) is 0 Å². The molecule has 0 aromatic carbocycles. The molecular weight excluding hydrogens is 236 g/mol. The van der Waals surface area contributed by atoms with E-state index < -0.39 is 0 Å². The van der Waals surface area contributed by atoms with Crippen molar-refractivity contribution in [3.63, 3.8) is 0 Å². The molecule has 1 unspecified atom stereocenters. The highest BCUT2D eigenvalue weighted by molar-refractivity contribution is 6.20. The summed E-state index contributed by atoms with van der Waals surface area (Å²) in [6.07, 6.45) is 4.81. The lowest BCUT2D eigenvalue weighted by molar-refractivity contribution is 0.318. The number of nitrogens with zero attached hydrogens (tertiary/aromatic N) is 1. The topological polar surface area (TPSA) is 34.1 Å². The van der Waals surface area contributed by atoms with Crippen molar-refractivity contribution in [1.82, 2.24) is 4.98 Å². The molecule has 1 heterocycles. The smallest absolute Gasteiger partial charge is 0.168 e. The van der Waals surface area contributed by atoms with Gasteiger partial charge in [0.15, 0.2) is 11.6 Å². The number of alkyl halides is 1. The Morgan fingerprint density at radius 1 is 1.53 bits per heavy atom. The molecule has 1 N–H and O–H groups in total. The molecule has 0 spiro atoms. The maximum Gasteiger partial charge on any atom is 0.168 e. The van der Waals surface area contributed by atoms with Crippen LogP contribution in [0.1, 0.15) is 33.1 Å². The molecule has 3 nitrogen and oxygen atoms in total. The highest BCUT2D eigenvalue weighted by Gasteiger charge is 2.03. The van der Waals surface area contributed by atoms with Crippen molar-refractivity contribution in [3.05, 3.63) is 18.3 Å². The first-order chi connectivity index (χ1) is 8.24. The van der Waals surface area contributed by atoms with E-state index in [0.717, 1.165) is 44.0 Å². The van der Waals surface area contributed by atoms with Crippen LogP contribution in [0.5, 0.6) is 5.75 Å². The molecule has 4 heteroatoms. The Hall–Kier alpha value is -0.960. The molecule has 0 amide bonds. The number of pyridine rings is 1. The lowest BCUT2D eigenvalue weighted by atomic mass is 10.2. The quantitative estimate of drug-likeness (QED) is 0.569. The summed E-state index contributed by atoms with van der Waals surface area (Å²) in [5, 5.41) is 3.52. The van der Waals surface area contributed by atoms with Gasteiger partial charge in [0.25, 0.3) is 0 Å². The molecule has 0 aliphatic rings. The molecule has 0 radical (unpaired) electrons. The van der Waals surface area contributed by atoms with Crippen LogP contribution in [0.4, 0.5) is 5.82 Å². The van der Waals surface area contributed by atoms with Gasteiger partial charge in [-0.05, 0) is 38.3 Å². The zero-order valence-corrected chi connectivity index (χ0v) is 11.3. The van der Waals surface area contributed by atoms with Gasteiger partial charge in [0.2, 0.25) is 0 Å². The fourth-order valence-electron chi connectivity index (χ4n) is 1.44. The normalized spacial score (nSPS) is 12.2. The maximum atomic E-state index is 5.89. The van der Waals surface area contributed by atoms with Gasteiger partial charge in [0.1, 0.15) is 0 Å². The van der Waals surface area contributed by atoms with Crippen LogP contribution in [0.3, 0.4) is 0 Å². The lowest BCUT2D eigenvalue weighted by Gasteiger charge is -2.11. The van der Waals surface area contributed by atoms with Crippen molar-refractivity contribution >= 4 is 17.4 Å². The second kappa shape index (κ2) is 8.18. The number of aromatic nitrogens is 1. The van der Waals surface area contributed by atoms with Crippen LogP contribution in [0, 0.1) is 0 Å². The Bertz CT molecular complexity index is 318. The van der Waals surface area contributed by atoms with E-state index in [2.05, 4.69) is 17.2 Å². The van der Waals surface area contributed by atoms with Crippen molar-refractivity contribution in [2.75, 3.05) is 18.5 Å². The van der Waals surface area contributed by atoms with Crippen molar-refractivity contribution in [3.8, 4) is 5.75 Å². The van der Waals surface area contributed by atoms with Crippen LogP contribution in [-0.4, -0.2) is 23.5 Å². The first-order valence-corrected chi connectivity index (χ1v) is 6.63. The van der Waals surface area contributed by atoms with Gasteiger partial charge in [-0.25, -0.2) is 4.98 Å². The van der Waals surface area contributed by atoms with Crippen LogP contribution in [0.2, 0.25) is 0 Å². The summed E-state index contributed by atoms with van der Waals surface area (Å²) in [5.41, 5.74) is 0. The highest BCUT2D eigenvalue weighted by Crippen LogP contribution is 2.21. The molecule has 1 aromatic rings. The number of rotatable bonds is 8. The van der Waals surface area contributed by atoms with E-state index in [1.54, 1.807) is 6.20 Å². The molecular formula is C13H21ClN2O. The van der Waals surface area contributed by atoms with Crippen molar-refractivity contribution in [1.29, 1.82) is 0 Å². The van der Waals surface area contributed by atoms with E-state index in [9.17, 15) is 0 Å². The molecule has 0 fully saturated rings. The number of anilines is 1. The SMILES string of the molecule is CCCOc1cccnc1NCCCC(C)Cl. The summed E-state index contributed by atoms with van der Waals surface area (Å²) in [6.45, 7) is 5.69. The minimum atomic E-state index is 0.233.